The molecule has 194 valence electrons. The third-order valence-corrected chi connectivity index (χ3v) is 7.66. The van der Waals surface area contributed by atoms with Crippen molar-refractivity contribution in [1.29, 1.82) is 0 Å². The van der Waals surface area contributed by atoms with Crippen LogP contribution in [0, 0.1) is 5.82 Å². The average Bonchev–Trinajstić information content (AvgIpc) is 3.34. The van der Waals surface area contributed by atoms with Crippen molar-refractivity contribution in [3.8, 4) is 11.6 Å². The summed E-state index contributed by atoms with van der Waals surface area (Å²) in [7, 11) is -4.12. The molecular weight excluding hydrogens is 540 g/mol. The van der Waals surface area contributed by atoms with Crippen molar-refractivity contribution in [2.45, 2.75) is 10.4 Å². The molecule has 4 aromatic rings. The van der Waals surface area contributed by atoms with Crippen LogP contribution in [0.1, 0.15) is 0 Å². The summed E-state index contributed by atoms with van der Waals surface area (Å²) in [5.41, 5.74) is -1.35. The van der Waals surface area contributed by atoms with Gasteiger partial charge in [0.2, 0.25) is 5.88 Å². The van der Waals surface area contributed by atoms with E-state index < -0.39 is 46.0 Å². The molecule has 2 amide bonds. The molecule has 0 saturated carbocycles. The lowest BCUT2D eigenvalue weighted by atomic mass is 10.1. The van der Waals surface area contributed by atoms with Gasteiger partial charge in [-0.2, -0.15) is 13.2 Å². The molecule has 0 aliphatic heterocycles. The van der Waals surface area contributed by atoms with Gasteiger partial charge in [0.25, 0.3) is 15.6 Å². The average molecular weight is 557 g/mol. The lowest BCUT2D eigenvalue weighted by molar-refractivity contribution is -0.115. The first-order chi connectivity index (χ1) is 17.3. The maximum Gasteiger partial charge on any atom is 0.405 e. The zero-order valence-corrected chi connectivity index (χ0v) is 20.0. The number of amides is 2. The molecule has 4 rings (SSSR count). The second kappa shape index (κ2) is 9.74. The SMILES string of the molecule is O=C(Nc1ccc(-n2c(O)c3ccc(NCC(F)(F)F)cc3cc2=O)c(F)c1)NS(=O)(=O)c1cccs1. The zero-order valence-electron chi connectivity index (χ0n) is 18.3. The number of nitrogens with zero attached hydrogens (tertiary/aromatic N) is 1. The highest BCUT2D eigenvalue weighted by Gasteiger charge is 2.26. The van der Waals surface area contributed by atoms with Crippen LogP contribution in [0.2, 0.25) is 0 Å². The maximum absolute atomic E-state index is 14.9. The van der Waals surface area contributed by atoms with E-state index in [4.69, 9.17) is 0 Å². The van der Waals surface area contributed by atoms with Gasteiger partial charge in [-0.05, 0) is 53.2 Å². The molecule has 0 unspecified atom stereocenters. The number of benzene rings is 2. The van der Waals surface area contributed by atoms with Crippen LogP contribution in [0.15, 0.2) is 69.0 Å². The molecule has 9 nitrogen and oxygen atoms in total. The van der Waals surface area contributed by atoms with Gasteiger partial charge in [0.15, 0.2) is 0 Å². The number of rotatable bonds is 6. The summed E-state index contributed by atoms with van der Waals surface area (Å²) < 4.78 is 78.8. The van der Waals surface area contributed by atoms with Gasteiger partial charge in [-0.1, -0.05) is 6.07 Å². The molecular formula is C22H16F4N4O5S2. The number of alkyl halides is 3. The summed E-state index contributed by atoms with van der Waals surface area (Å²) in [5, 5.41) is 16.7. The van der Waals surface area contributed by atoms with E-state index >= 15 is 0 Å². The van der Waals surface area contributed by atoms with Crippen molar-refractivity contribution >= 4 is 49.5 Å². The Morgan fingerprint density at radius 2 is 1.78 bits per heavy atom. The predicted molar refractivity (Wildman–Crippen MR) is 129 cm³/mol. The number of carbonyl (C=O) groups excluding carboxylic acids is 1. The van der Waals surface area contributed by atoms with Gasteiger partial charge in [-0.15, -0.1) is 11.3 Å². The molecule has 0 radical (unpaired) electrons. The predicted octanol–water partition coefficient (Wildman–Crippen LogP) is 4.38. The Labute approximate surface area is 210 Å². The van der Waals surface area contributed by atoms with Gasteiger partial charge >= 0.3 is 12.2 Å². The first-order valence-corrected chi connectivity index (χ1v) is 12.6. The molecule has 0 aliphatic rings. The Kier molecular flexibility index (Phi) is 6.84. The van der Waals surface area contributed by atoms with E-state index in [1.54, 1.807) is 4.72 Å². The lowest BCUT2D eigenvalue weighted by Gasteiger charge is -2.14. The highest BCUT2D eigenvalue weighted by atomic mass is 32.2. The van der Waals surface area contributed by atoms with Gasteiger partial charge in [-0.3, -0.25) is 4.79 Å². The smallest absolute Gasteiger partial charge is 0.405 e. The van der Waals surface area contributed by atoms with E-state index in [0.717, 1.165) is 29.5 Å². The number of aromatic nitrogens is 1. The zero-order chi connectivity index (χ0) is 27.0. The molecule has 0 aliphatic carbocycles. The number of carbonyl (C=O) groups is 1. The van der Waals surface area contributed by atoms with E-state index in [1.807, 2.05) is 0 Å². The normalized spacial score (nSPS) is 11.9. The highest BCUT2D eigenvalue weighted by molar-refractivity contribution is 7.92. The molecule has 0 fully saturated rings. The van der Waals surface area contributed by atoms with Crippen molar-refractivity contribution in [2.75, 3.05) is 17.2 Å². The Bertz CT molecular complexity index is 1650. The summed E-state index contributed by atoms with van der Waals surface area (Å²) in [6.45, 7) is -1.30. The minimum absolute atomic E-state index is 0.0577. The molecule has 37 heavy (non-hydrogen) atoms. The van der Waals surface area contributed by atoms with Gasteiger partial charge < -0.3 is 15.7 Å². The molecule has 2 heterocycles. The van der Waals surface area contributed by atoms with E-state index in [1.165, 1.54) is 41.8 Å². The van der Waals surface area contributed by atoms with Crippen molar-refractivity contribution in [3.05, 3.63) is 76.1 Å². The Balaban J connectivity index is 1.58. The number of anilines is 2. The van der Waals surface area contributed by atoms with Crippen LogP contribution >= 0.6 is 11.3 Å². The van der Waals surface area contributed by atoms with Crippen LogP contribution < -0.4 is 20.9 Å². The highest BCUT2D eigenvalue weighted by Crippen LogP contribution is 2.29. The van der Waals surface area contributed by atoms with Crippen molar-refractivity contribution in [3.63, 3.8) is 0 Å². The topological polar surface area (TPSA) is 130 Å². The van der Waals surface area contributed by atoms with Gasteiger partial charge in [-0.25, -0.2) is 26.9 Å². The van der Waals surface area contributed by atoms with Gasteiger partial charge in [0, 0.05) is 22.8 Å². The molecule has 2 aromatic carbocycles. The first kappa shape index (κ1) is 26.0. The molecule has 0 saturated heterocycles. The number of sulfonamides is 1. The third kappa shape index (κ3) is 5.83. The number of aromatic hydroxyl groups is 1. The molecule has 15 heteroatoms. The van der Waals surface area contributed by atoms with Crippen molar-refractivity contribution < 1.29 is 35.9 Å². The standard InChI is InChI=1S/C22H16F4N4O5S2/c23-16-10-14(28-21(33)29-37(34,35)19-2-1-7-36-19)4-6-17(16)30-18(31)9-12-8-13(27-11-22(24,25)26)3-5-15(12)20(30)32/h1-10,27,32H,11H2,(H2,28,29,33). The summed E-state index contributed by atoms with van der Waals surface area (Å²) >= 11 is 0.892. The van der Waals surface area contributed by atoms with Crippen LogP contribution in [-0.4, -0.2) is 36.8 Å². The van der Waals surface area contributed by atoms with Crippen LogP contribution in [0.25, 0.3) is 16.5 Å². The van der Waals surface area contributed by atoms with Crippen molar-refractivity contribution in [2.24, 2.45) is 0 Å². The number of hydrogen-bond acceptors (Lipinski definition) is 7. The van der Waals surface area contributed by atoms with Gasteiger partial charge in [0.1, 0.15) is 16.6 Å². The number of hydrogen-bond donors (Lipinski definition) is 4. The fourth-order valence-electron chi connectivity index (χ4n) is 3.36. The lowest BCUT2D eigenvalue weighted by Crippen LogP contribution is -2.34. The van der Waals surface area contributed by atoms with Crippen LogP contribution in [0.4, 0.5) is 33.7 Å². The molecule has 0 bridgehead atoms. The quantitative estimate of drug-likeness (QED) is 0.261. The second-order valence-corrected chi connectivity index (χ2v) is 10.4. The number of halogens is 4. The van der Waals surface area contributed by atoms with Crippen LogP contribution in [0.5, 0.6) is 5.88 Å². The van der Waals surface area contributed by atoms with Crippen molar-refractivity contribution in [1.82, 2.24) is 9.29 Å². The second-order valence-electron chi connectivity index (χ2n) is 7.57. The van der Waals surface area contributed by atoms with E-state index in [2.05, 4.69) is 10.6 Å². The molecule has 0 spiro atoms. The van der Waals surface area contributed by atoms with E-state index in [0.29, 0.717) is 4.57 Å². The number of thiophene rings is 1. The Hall–Kier alpha value is -4.11. The maximum atomic E-state index is 14.9. The van der Waals surface area contributed by atoms with E-state index in [-0.39, 0.29) is 32.0 Å². The Morgan fingerprint density at radius 1 is 1.05 bits per heavy atom. The van der Waals surface area contributed by atoms with Gasteiger partial charge in [0.05, 0.1) is 5.69 Å². The van der Waals surface area contributed by atoms with Crippen LogP contribution in [-0.2, 0) is 10.0 Å². The monoisotopic (exact) mass is 556 g/mol. The largest absolute Gasteiger partial charge is 0.494 e. The minimum atomic E-state index is -4.46. The summed E-state index contributed by atoms with van der Waals surface area (Å²) in [4.78, 5) is 24.7. The molecule has 4 N–H and O–H groups in total. The molecule has 0 atom stereocenters. The van der Waals surface area contributed by atoms with E-state index in [9.17, 15) is 40.7 Å². The summed E-state index contributed by atoms with van der Waals surface area (Å²) in [6.07, 6.45) is -4.46. The molecule has 2 aromatic heterocycles. The minimum Gasteiger partial charge on any atom is -0.494 e. The number of nitrogens with one attached hydrogen (secondary N) is 3. The third-order valence-electron chi connectivity index (χ3n) is 4.93. The summed E-state index contributed by atoms with van der Waals surface area (Å²) in [5.74, 6) is -1.71. The fraction of sp³-hybridized carbons (Fsp3) is 0.0909. The fourth-order valence-corrected chi connectivity index (χ4v) is 5.26. The van der Waals surface area contributed by atoms with Crippen LogP contribution in [0.3, 0.4) is 0 Å². The Morgan fingerprint density at radius 3 is 2.43 bits per heavy atom. The summed E-state index contributed by atoms with van der Waals surface area (Å²) in [6, 6.07) is 9.47. The number of fused-ring (bicyclic) bond motifs is 1. The number of pyridine rings is 1. The first-order valence-electron chi connectivity index (χ1n) is 10.2. The number of urea groups is 1.